The molecule has 2 rings (SSSR count). The van der Waals surface area contributed by atoms with Gasteiger partial charge in [-0.15, -0.1) is 0 Å². The maximum atomic E-state index is 11.9. The maximum absolute atomic E-state index is 11.9. The summed E-state index contributed by atoms with van der Waals surface area (Å²) in [6.45, 7) is 2.91. The third kappa shape index (κ3) is 4.30. The van der Waals surface area contributed by atoms with Crippen molar-refractivity contribution in [1.29, 1.82) is 0 Å². The van der Waals surface area contributed by atoms with Crippen molar-refractivity contribution in [1.82, 2.24) is 5.32 Å². The van der Waals surface area contributed by atoms with E-state index in [1.54, 1.807) is 0 Å². The fraction of sp³-hybridized carbons (Fsp3) is 0.929. The highest BCUT2D eigenvalue weighted by molar-refractivity contribution is 5.76. The Morgan fingerprint density at radius 2 is 1.82 bits per heavy atom. The molecular formula is C14H26N2O. The molecule has 3 heteroatoms. The number of amides is 1. The number of nitrogens with one attached hydrogen (secondary N) is 1. The molecule has 0 aromatic rings. The lowest BCUT2D eigenvalue weighted by molar-refractivity contribution is -0.122. The second-order valence-corrected chi connectivity index (χ2v) is 5.99. The van der Waals surface area contributed by atoms with Crippen LogP contribution in [-0.2, 0) is 4.79 Å². The summed E-state index contributed by atoms with van der Waals surface area (Å²) in [7, 11) is 0. The third-order valence-electron chi connectivity index (χ3n) is 4.11. The van der Waals surface area contributed by atoms with Crippen LogP contribution in [0.2, 0.25) is 0 Å². The molecule has 1 atom stereocenters. The Bertz CT molecular complexity index is 247. The van der Waals surface area contributed by atoms with Crippen molar-refractivity contribution in [3.63, 3.8) is 0 Å². The number of hydrogen-bond acceptors (Lipinski definition) is 2. The van der Waals surface area contributed by atoms with Gasteiger partial charge in [-0.2, -0.15) is 0 Å². The first-order chi connectivity index (χ1) is 8.20. The quantitative estimate of drug-likeness (QED) is 0.680. The molecule has 2 saturated carbocycles. The topological polar surface area (TPSA) is 55.1 Å². The largest absolute Gasteiger partial charge is 0.353 e. The van der Waals surface area contributed by atoms with Crippen molar-refractivity contribution < 1.29 is 4.79 Å². The molecule has 3 N–H and O–H groups in total. The fourth-order valence-electron chi connectivity index (χ4n) is 2.60. The van der Waals surface area contributed by atoms with E-state index in [1.165, 1.54) is 25.7 Å². The van der Waals surface area contributed by atoms with Gasteiger partial charge in [0.1, 0.15) is 0 Å². The molecule has 0 heterocycles. The Balaban J connectivity index is 1.65. The van der Waals surface area contributed by atoms with Gasteiger partial charge in [-0.3, -0.25) is 4.79 Å². The molecule has 2 aliphatic carbocycles. The first kappa shape index (κ1) is 12.9. The Hall–Kier alpha value is -0.570. The molecule has 0 bridgehead atoms. The molecule has 0 spiro atoms. The van der Waals surface area contributed by atoms with E-state index in [9.17, 15) is 4.79 Å². The molecule has 2 fully saturated rings. The molecule has 98 valence electrons. The fourth-order valence-corrected chi connectivity index (χ4v) is 2.60. The summed E-state index contributed by atoms with van der Waals surface area (Å²) in [5.74, 6) is 2.43. The molecule has 3 nitrogen and oxygen atoms in total. The molecule has 0 radical (unpaired) electrons. The van der Waals surface area contributed by atoms with Gasteiger partial charge in [-0.05, 0) is 62.8 Å². The van der Waals surface area contributed by atoms with Crippen LogP contribution in [0.3, 0.4) is 0 Å². The molecule has 0 saturated heterocycles. The van der Waals surface area contributed by atoms with Crippen LogP contribution >= 0.6 is 0 Å². The van der Waals surface area contributed by atoms with Crippen LogP contribution in [0.25, 0.3) is 0 Å². The number of nitrogens with two attached hydrogens (primary N) is 1. The van der Waals surface area contributed by atoms with Gasteiger partial charge in [-0.1, -0.05) is 6.92 Å². The second kappa shape index (κ2) is 5.85. The first-order valence-corrected chi connectivity index (χ1v) is 7.20. The summed E-state index contributed by atoms with van der Waals surface area (Å²) in [4.78, 5) is 11.9. The lowest BCUT2D eigenvalue weighted by Crippen LogP contribution is -2.38. The van der Waals surface area contributed by atoms with E-state index >= 15 is 0 Å². The van der Waals surface area contributed by atoms with Crippen LogP contribution < -0.4 is 11.1 Å². The van der Waals surface area contributed by atoms with Gasteiger partial charge >= 0.3 is 0 Å². The Labute approximate surface area is 105 Å². The summed E-state index contributed by atoms with van der Waals surface area (Å²) in [6, 6.07) is 0.507. The number of hydrogen-bond donors (Lipinski definition) is 2. The number of carbonyl (C=O) groups excluding carboxylic acids is 1. The van der Waals surface area contributed by atoms with Crippen LogP contribution in [0.5, 0.6) is 0 Å². The molecule has 1 unspecified atom stereocenters. The molecule has 0 aromatic carbocycles. The zero-order chi connectivity index (χ0) is 12.3. The van der Waals surface area contributed by atoms with Gasteiger partial charge in [0.25, 0.3) is 0 Å². The normalized spacial score (nSPS) is 21.6. The monoisotopic (exact) mass is 238 g/mol. The second-order valence-electron chi connectivity index (χ2n) is 5.99. The molecule has 0 aliphatic heterocycles. The van der Waals surface area contributed by atoms with E-state index in [2.05, 4.69) is 12.2 Å². The third-order valence-corrected chi connectivity index (χ3v) is 4.11. The minimum absolute atomic E-state index is 0.262. The van der Waals surface area contributed by atoms with Crippen molar-refractivity contribution in [3.8, 4) is 0 Å². The Morgan fingerprint density at radius 1 is 1.24 bits per heavy atom. The predicted molar refractivity (Wildman–Crippen MR) is 69.4 cm³/mol. The first-order valence-electron chi connectivity index (χ1n) is 7.20. The van der Waals surface area contributed by atoms with Crippen molar-refractivity contribution in [2.45, 2.75) is 57.9 Å². The van der Waals surface area contributed by atoms with Gasteiger partial charge in [0.2, 0.25) is 5.91 Å². The highest BCUT2D eigenvalue weighted by Crippen LogP contribution is 2.44. The zero-order valence-electron chi connectivity index (χ0n) is 11.0. The van der Waals surface area contributed by atoms with E-state index < -0.39 is 0 Å². The Morgan fingerprint density at radius 3 is 2.29 bits per heavy atom. The van der Waals surface area contributed by atoms with Crippen LogP contribution in [0.4, 0.5) is 0 Å². The lowest BCUT2D eigenvalue weighted by atomic mass is 10.0. The van der Waals surface area contributed by atoms with E-state index in [0.29, 0.717) is 18.4 Å². The summed E-state index contributed by atoms with van der Waals surface area (Å²) < 4.78 is 0. The highest BCUT2D eigenvalue weighted by Gasteiger charge is 2.42. The minimum Gasteiger partial charge on any atom is -0.353 e. The van der Waals surface area contributed by atoms with Crippen molar-refractivity contribution >= 4 is 5.91 Å². The summed E-state index contributed by atoms with van der Waals surface area (Å²) in [5.41, 5.74) is 5.51. The van der Waals surface area contributed by atoms with E-state index in [4.69, 9.17) is 5.73 Å². The molecular weight excluding hydrogens is 212 g/mol. The smallest absolute Gasteiger partial charge is 0.220 e. The zero-order valence-corrected chi connectivity index (χ0v) is 11.0. The molecule has 2 aliphatic rings. The SMILES string of the molecule is CC(CCN)CCC(=O)NC(C1CC1)C1CC1. The molecule has 1 amide bonds. The van der Waals surface area contributed by atoms with Gasteiger partial charge in [0.05, 0.1) is 0 Å². The summed E-state index contributed by atoms with van der Waals surface area (Å²) in [6.07, 6.45) is 7.98. The number of rotatable bonds is 8. The molecule has 0 aromatic heterocycles. The maximum Gasteiger partial charge on any atom is 0.220 e. The number of carbonyl (C=O) groups is 1. The molecule has 17 heavy (non-hydrogen) atoms. The van der Waals surface area contributed by atoms with E-state index in [0.717, 1.165) is 31.2 Å². The summed E-state index contributed by atoms with van der Waals surface area (Å²) in [5, 5.41) is 3.27. The average molecular weight is 238 g/mol. The van der Waals surface area contributed by atoms with Gasteiger partial charge in [-0.25, -0.2) is 0 Å². The van der Waals surface area contributed by atoms with E-state index in [1.807, 2.05) is 0 Å². The van der Waals surface area contributed by atoms with Gasteiger partial charge in [0.15, 0.2) is 0 Å². The average Bonchev–Trinajstić information content (AvgIpc) is 3.17. The van der Waals surface area contributed by atoms with Gasteiger partial charge < -0.3 is 11.1 Å². The lowest BCUT2D eigenvalue weighted by Gasteiger charge is -2.18. The van der Waals surface area contributed by atoms with Crippen LogP contribution in [0.15, 0.2) is 0 Å². The summed E-state index contributed by atoms with van der Waals surface area (Å²) >= 11 is 0. The van der Waals surface area contributed by atoms with E-state index in [-0.39, 0.29) is 5.91 Å². The minimum atomic E-state index is 0.262. The van der Waals surface area contributed by atoms with Crippen molar-refractivity contribution in [2.24, 2.45) is 23.5 Å². The van der Waals surface area contributed by atoms with Gasteiger partial charge in [0, 0.05) is 12.5 Å². The highest BCUT2D eigenvalue weighted by atomic mass is 16.1. The Kier molecular flexibility index (Phi) is 4.43. The van der Waals surface area contributed by atoms with Crippen molar-refractivity contribution in [3.05, 3.63) is 0 Å². The van der Waals surface area contributed by atoms with Crippen molar-refractivity contribution in [2.75, 3.05) is 6.54 Å². The predicted octanol–water partition coefficient (Wildman–Crippen LogP) is 2.06. The van der Waals surface area contributed by atoms with Crippen LogP contribution in [0.1, 0.15) is 51.9 Å². The standard InChI is InChI=1S/C14H26N2O/c1-10(8-9-15)2-7-13(17)16-14(11-3-4-11)12-5-6-12/h10-12,14H,2-9,15H2,1H3,(H,16,17). The van der Waals surface area contributed by atoms with Crippen LogP contribution in [-0.4, -0.2) is 18.5 Å². The van der Waals surface area contributed by atoms with Crippen LogP contribution in [0, 0.1) is 17.8 Å².